The third-order valence-electron chi connectivity index (χ3n) is 5.77. The molecular weight excluding hydrogens is 392 g/mol. The zero-order valence-corrected chi connectivity index (χ0v) is 17.0. The van der Waals surface area contributed by atoms with E-state index in [4.69, 9.17) is 18.9 Å². The summed E-state index contributed by atoms with van der Waals surface area (Å²) in [7, 11) is 3.03. The fourth-order valence-electron chi connectivity index (χ4n) is 4.50. The third kappa shape index (κ3) is 3.19. The molecule has 2 bridgehead atoms. The molecular formula is C21H24N2O7. The summed E-state index contributed by atoms with van der Waals surface area (Å²) in [5, 5.41) is 2.85. The van der Waals surface area contributed by atoms with E-state index in [9.17, 15) is 14.4 Å². The number of likely N-dealkylation sites (tertiary alicyclic amines) is 1. The van der Waals surface area contributed by atoms with Crippen LogP contribution < -0.4 is 14.8 Å². The Morgan fingerprint density at radius 3 is 2.80 bits per heavy atom. The smallest absolute Gasteiger partial charge is 0.325 e. The molecule has 9 nitrogen and oxygen atoms in total. The van der Waals surface area contributed by atoms with Crippen LogP contribution in [-0.2, 0) is 23.9 Å². The van der Waals surface area contributed by atoms with Gasteiger partial charge in [-0.25, -0.2) is 0 Å². The molecule has 3 heterocycles. The number of carbonyl (C=O) groups excluding carboxylic acids is 3. The van der Waals surface area contributed by atoms with E-state index >= 15 is 0 Å². The number of benzene rings is 1. The number of anilines is 1. The van der Waals surface area contributed by atoms with Crippen LogP contribution in [0.15, 0.2) is 30.4 Å². The maximum absolute atomic E-state index is 13.2. The number of fused-ring (bicyclic) bond motifs is 1. The Morgan fingerprint density at radius 1 is 1.30 bits per heavy atom. The third-order valence-corrected chi connectivity index (χ3v) is 5.77. The van der Waals surface area contributed by atoms with Crippen molar-refractivity contribution in [1.29, 1.82) is 0 Å². The molecule has 4 atom stereocenters. The van der Waals surface area contributed by atoms with Crippen molar-refractivity contribution in [2.75, 3.05) is 39.2 Å². The maximum atomic E-state index is 13.2. The van der Waals surface area contributed by atoms with E-state index in [0.29, 0.717) is 17.2 Å². The molecule has 0 aliphatic carbocycles. The van der Waals surface area contributed by atoms with Crippen molar-refractivity contribution in [2.24, 2.45) is 11.8 Å². The second kappa shape index (κ2) is 7.64. The van der Waals surface area contributed by atoms with Gasteiger partial charge < -0.3 is 29.2 Å². The fourth-order valence-corrected chi connectivity index (χ4v) is 4.50. The summed E-state index contributed by atoms with van der Waals surface area (Å²) >= 11 is 0. The van der Waals surface area contributed by atoms with E-state index in [0.717, 1.165) is 0 Å². The number of esters is 1. The zero-order chi connectivity index (χ0) is 21.5. The van der Waals surface area contributed by atoms with Crippen molar-refractivity contribution in [3.8, 4) is 11.5 Å². The highest BCUT2D eigenvalue weighted by Crippen LogP contribution is 2.52. The van der Waals surface area contributed by atoms with Gasteiger partial charge in [0.25, 0.3) is 0 Å². The molecule has 2 amide bonds. The van der Waals surface area contributed by atoms with E-state index in [1.54, 1.807) is 25.1 Å². The van der Waals surface area contributed by atoms with Crippen molar-refractivity contribution in [2.45, 2.75) is 18.6 Å². The molecule has 4 rings (SSSR count). The number of nitrogens with zero attached hydrogens (tertiary/aromatic N) is 1. The van der Waals surface area contributed by atoms with Gasteiger partial charge in [0.15, 0.2) is 0 Å². The largest absolute Gasteiger partial charge is 0.497 e. The first-order valence-corrected chi connectivity index (χ1v) is 9.77. The van der Waals surface area contributed by atoms with Gasteiger partial charge in [-0.05, 0) is 19.1 Å². The Labute approximate surface area is 173 Å². The Kier molecular flexibility index (Phi) is 5.15. The van der Waals surface area contributed by atoms with Gasteiger partial charge in [-0.2, -0.15) is 0 Å². The lowest BCUT2D eigenvalue weighted by atomic mass is 9.76. The van der Waals surface area contributed by atoms with E-state index < -0.39 is 29.5 Å². The lowest BCUT2D eigenvalue weighted by molar-refractivity contribution is -0.148. The van der Waals surface area contributed by atoms with E-state index in [2.05, 4.69) is 5.32 Å². The summed E-state index contributed by atoms with van der Waals surface area (Å²) in [6.45, 7) is 2.00. The molecule has 1 N–H and O–H groups in total. The van der Waals surface area contributed by atoms with E-state index in [1.807, 2.05) is 12.2 Å². The molecule has 9 heteroatoms. The second-order valence-corrected chi connectivity index (χ2v) is 7.45. The lowest BCUT2D eigenvalue weighted by Gasteiger charge is -2.24. The Balaban J connectivity index is 1.56. The van der Waals surface area contributed by atoms with Crippen LogP contribution in [-0.4, -0.2) is 68.3 Å². The van der Waals surface area contributed by atoms with Crippen LogP contribution >= 0.6 is 0 Å². The monoisotopic (exact) mass is 416 g/mol. The molecule has 30 heavy (non-hydrogen) atoms. The molecule has 2 fully saturated rings. The molecule has 0 aromatic heterocycles. The van der Waals surface area contributed by atoms with Gasteiger partial charge in [-0.3, -0.25) is 14.4 Å². The van der Waals surface area contributed by atoms with Crippen LogP contribution in [0.1, 0.15) is 6.92 Å². The molecule has 1 aromatic rings. The van der Waals surface area contributed by atoms with Gasteiger partial charge in [0.05, 0.1) is 51.0 Å². The van der Waals surface area contributed by atoms with Crippen LogP contribution in [0.25, 0.3) is 0 Å². The Hall–Kier alpha value is -3.07. The average molecular weight is 416 g/mol. The fraction of sp³-hybridized carbons (Fsp3) is 0.476. The molecule has 2 unspecified atom stereocenters. The maximum Gasteiger partial charge on any atom is 0.325 e. The molecule has 1 aromatic carbocycles. The molecule has 3 aliphatic heterocycles. The highest BCUT2D eigenvalue weighted by Gasteiger charge is 2.67. The number of methoxy groups -OCH3 is 2. The van der Waals surface area contributed by atoms with Gasteiger partial charge in [0.1, 0.15) is 23.6 Å². The summed E-state index contributed by atoms with van der Waals surface area (Å²) in [4.78, 5) is 39.6. The van der Waals surface area contributed by atoms with Crippen LogP contribution in [0.3, 0.4) is 0 Å². The summed E-state index contributed by atoms with van der Waals surface area (Å²) in [5.41, 5.74) is -0.453. The predicted octanol–water partition coefficient (Wildman–Crippen LogP) is 0.987. The van der Waals surface area contributed by atoms with Gasteiger partial charge in [0, 0.05) is 6.07 Å². The van der Waals surface area contributed by atoms with Crippen LogP contribution in [0.5, 0.6) is 11.5 Å². The molecule has 2 saturated heterocycles. The van der Waals surface area contributed by atoms with Gasteiger partial charge in [-0.1, -0.05) is 12.2 Å². The first kappa shape index (κ1) is 20.2. The zero-order valence-electron chi connectivity index (χ0n) is 17.0. The van der Waals surface area contributed by atoms with Crippen LogP contribution in [0.4, 0.5) is 5.69 Å². The van der Waals surface area contributed by atoms with Crippen molar-refractivity contribution in [1.82, 2.24) is 4.90 Å². The van der Waals surface area contributed by atoms with Crippen molar-refractivity contribution < 1.29 is 33.3 Å². The molecule has 1 spiro atoms. The SMILES string of the molecule is CCOC(=O)CN1CC23C=C[C@@H](O2)C(C(=O)Nc2cc(OC)ccc2OC)[C@@H]3C1=O. The van der Waals surface area contributed by atoms with Crippen molar-refractivity contribution in [3.63, 3.8) is 0 Å². The quantitative estimate of drug-likeness (QED) is 0.522. The van der Waals surface area contributed by atoms with Crippen molar-refractivity contribution >= 4 is 23.5 Å². The van der Waals surface area contributed by atoms with E-state index in [1.165, 1.54) is 19.1 Å². The highest BCUT2D eigenvalue weighted by atomic mass is 16.5. The summed E-state index contributed by atoms with van der Waals surface area (Å²) < 4.78 is 21.5. The molecule has 0 saturated carbocycles. The number of nitrogens with one attached hydrogen (secondary N) is 1. The summed E-state index contributed by atoms with van der Waals surface area (Å²) in [6.07, 6.45) is 3.15. The minimum Gasteiger partial charge on any atom is -0.497 e. The van der Waals surface area contributed by atoms with Gasteiger partial charge >= 0.3 is 5.97 Å². The van der Waals surface area contributed by atoms with E-state index in [-0.39, 0.29) is 31.5 Å². The Bertz CT molecular complexity index is 915. The minimum atomic E-state index is -0.894. The Morgan fingerprint density at radius 2 is 2.10 bits per heavy atom. The number of rotatable bonds is 7. The highest BCUT2D eigenvalue weighted by molar-refractivity contribution is 6.00. The first-order valence-electron chi connectivity index (χ1n) is 9.77. The lowest BCUT2D eigenvalue weighted by Crippen LogP contribution is -2.42. The normalized spacial score (nSPS) is 28.4. The van der Waals surface area contributed by atoms with Gasteiger partial charge in [0.2, 0.25) is 11.8 Å². The molecule has 3 aliphatic rings. The summed E-state index contributed by atoms with van der Waals surface area (Å²) in [5.74, 6) is -1.50. The molecule has 160 valence electrons. The minimum absolute atomic E-state index is 0.162. The summed E-state index contributed by atoms with van der Waals surface area (Å²) in [6, 6.07) is 5.06. The second-order valence-electron chi connectivity index (χ2n) is 7.45. The van der Waals surface area contributed by atoms with Crippen LogP contribution in [0, 0.1) is 11.8 Å². The number of amides is 2. The first-order chi connectivity index (χ1) is 14.4. The topological polar surface area (TPSA) is 103 Å². The molecule has 0 radical (unpaired) electrons. The standard InChI is InChI=1S/C21H24N2O7/c1-4-29-16(24)10-23-11-21-8-7-15(30-21)17(18(21)20(23)26)19(25)22-13-9-12(27-2)5-6-14(13)28-3/h5-9,15,17-18H,4,10-11H2,1-3H3,(H,22,25)/t15-,17?,18-,21?/m1/s1. The number of carbonyl (C=O) groups is 3. The number of ether oxygens (including phenoxy) is 4. The van der Waals surface area contributed by atoms with Crippen molar-refractivity contribution in [3.05, 3.63) is 30.4 Å². The average Bonchev–Trinajstić information content (AvgIpc) is 3.36. The number of hydrogen-bond acceptors (Lipinski definition) is 7. The number of hydrogen-bond donors (Lipinski definition) is 1. The predicted molar refractivity (Wildman–Crippen MR) is 105 cm³/mol. The van der Waals surface area contributed by atoms with Gasteiger partial charge in [-0.15, -0.1) is 0 Å². The van der Waals surface area contributed by atoms with Crippen LogP contribution in [0.2, 0.25) is 0 Å².